The summed E-state index contributed by atoms with van der Waals surface area (Å²) in [6.07, 6.45) is 0.700. The van der Waals surface area contributed by atoms with E-state index in [0.29, 0.717) is 31.0 Å². The fourth-order valence-corrected chi connectivity index (χ4v) is 3.12. The maximum Gasteiger partial charge on any atom is 0.319 e. The average molecular weight is 449 g/mol. The number of ether oxygens (including phenoxy) is 2. The Morgan fingerprint density at radius 2 is 1.82 bits per heavy atom. The van der Waals surface area contributed by atoms with E-state index < -0.39 is 0 Å². The normalized spacial score (nSPS) is 11.1. The molecule has 0 fully saturated rings. The fourth-order valence-electron chi connectivity index (χ4n) is 2.63. The Balaban J connectivity index is 1.76. The van der Waals surface area contributed by atoms with Gasteiger partial charge < -0.3 is 20.1 Å². The molecule has 152 valence electrons. The first-order valence-corrected chi connectivity index (χ1v) is 10.1. The van der Waals surface area contributed by atoms with E-state index in [0.717, 1.165) is 15.8 Å². The highest BCUT2D eigenvalue weighted by Gasteiger charge is 2.15. The summed E-state index contributed by atoms with van der Waals surface area (Å²) >= 11 is 3.57. The molecule has 0 saturated heterocycles. The first-order valence-electron chi connectivity index (χ1n) is 9.33. The molecule has 0 aliphatic heterocycles. The molecule has 2 aromatic carbocycles. The zero-order chi connectivity index (χ0) is 20.7. The summed E-state index contributed by atoms with van der Waals surface area (Å²) in [5, 5.41) is 5.65. The van der Waals surface area contributed by atoms with Gasteiger partial charge in [-0.2, -0.15) is 0 Å². The molecular formula is C22H29BrN2O3. The minimum absolute atomic E-state index is 0.0955. The highest BCUT2D eigenvalue weighted by Crippen LogP contribution is 2.31. The van der Waals surface area contributed by atoms with Crippen molar-refractivity contribution in [2.75, 3.05) is 25.6 Å². The number of hydrogen-bond donors (Lipinski definition) is 2. The van der Waals surface area contributed by atoms with Gasteiger partial charge in [0.2, 0.25) is 0 Å². The van der Waals surface area contributed by atoms with E-state index in [2.05, 4.69) is 59.5 Å². The molecule has 2 aromatic rings. The minimum atomic E-state index is -0.264. The zero-order valence-corrected chi connectivity index (χ0v) is 18.8. The third kappa shape index (κ3) is 6.44. The van der Waals surface area contributed by atoms with E-state index >= 15 is 0 Å². The number of halogens is 1. The van der Waals surface area contributed by atoms with Crippen LogP contribution in [0.15, 0.2) is 40.9 Å². The lowest BCUT2D eigenvalue weighted by Gasteiger charge is -2.20. The molecule has 0 heterocycles. The number of carbonyl (C=O) groups excluding carboxylic acids is 1. The summed E-state index contributed by atoms with van der Waals surface area (Å²) in [6, 6.07) is 11.5. The predicted molar refractivity (Wildman–Crippen MR) is 118 cm³/mol. The van der Waals surface area contributed by atoms with Crippen LogP contribution < -0.4 is 20.1 Å². The molecule has 6 heteroatoms. The van der Waals surface area contributed by atoms with Crippen LogP contribution in [-0.4, -0.2) is 26.3 Å². The van der Waals surface area contributed by atoms with Crippen molar-refractivity contribution in [2.24, 2.45) is 0 Å². The van der Waals surface area contributed by atoms with E-state index in [4.69, 9.17) is 9.47 Å². The summed E-state index contributed by atoms with van der Waals surface area (Å²) < 4.78 is 12.0. The molecular weight excluding hydrogens is 420 g/mol. The van der Waals surface area contributed by atoms with E-state index in [1.54, 1.807) is 7.11 Å². The number of anilines is 1. The lowest BCUT2D eigenvalue weighted by Crippen LogP contribution is -2.30. The van der Waals surface area contributed by atoms with Gasteiger partial charge in [-0.3, -0.25) is 0 Å². The molecule has 0 aromatic heterocycles. The van der Waals surface area contributed by atoms with Crippen molar-refractivity contribution < 1.29 is 14.3 Å². The number of rotatable bonds is 7. The van der Waals surface area contributed by atoms with Crippen molar-refractivity contribution >= 4 is 27.6 Å². The maximum absolute atomic E-state index is 12.1. The Kier molecular flexibility index (Phi) is 7.75. The lowest BCUT2D eigenvalue weighted by atomic mass is 9.87. The van der Waals surface area contributed by atoms with Gasteiger partial charge in [-0.1, -0.05) is 32.9 Å². The number of urea groups is 1. The van der Waals surface area contributed by atoms with Crippen LogP contribution in [0.1, 0.15) is 38.3 Å². The lowest BCUT2D eigenvalue weighted by molar-refractivity contribution is 0.250. The van der Waals surface area contributed by atoms with Crippen LogP contribution in [0.2, 0.25) is 0 Å². The van der Waals surface area contributed by atoms with Crippen LogP contribution in [-0.2, 0) is 5.41 Å². The molecule has 0 bridgehead atoms. The summed E-state index contributed by atoms with van der Waals surface area (Å²) in [5.41, 5.74) is 3.04. The van der Waals surface area contributed by atoms with Crippen molar-refractivity contribution in [3.63, 3.8) is 0 Å². The Hall–Kier alpha value is -2.21. The molecule has 0 radical (unpaired) electrons. The van der Waals surface area contributed by atoms with Gasteiger partial charge in [-0.15, -0.1) is 0 Å². The van der Waals surface area contributed by atoms with Gasteiger partial charge >= 0.3 is 6.03 Å². The van der Waals surface area contributed by atoms with Crippen molar-refractivity contribution in [1.82, 2.24) is 5.32 Å². The molecule has 2 amide bonds. The van der Waals surface area contributed by atoms with Crippen molar-refractivity contribution in [2.45, 2.75) is 39.5 Å². The Labute approximate surface area is 175 Å². The molecule has 0 atom stereocenters. The monoisotopic (exact) mass is 448 g/mol. The molecule has 0 aliphatic rings. The number of carbonyl (C=O) groups is 1. The van der Waals surface area contributed by atoms with E-state index in [9.17, 15) is 4.79 Å². The van der Waals surface area contributed by atoms with Crippen LogP contribution in [0.25, 0.3) is 0 Å². The molecule has 2 N–H and O–H groups in total. The Morgan fingerprint density at radius 3 is 2.46 bits per heavy atom. The van der Waals surface area contributed by atoms with Gasteiger partial charge in [0.05, 0.1) is 23.9 Å². The van der Waals surface area contributed by atoms with E-state index in [1.165, 1.54) is 5.56 Å². The molecule has 2 rings (SSSR count). The highest BCUT2D eigenvalue weighted by molar-refractivity contribution is 9.10. The number of methoxy groups -OCH3 is 1. The van der Waals surface area contributed by atoms with Crippen LogP contribution in [0.4, 0.5) is 10.5 Å². The first-order chi connectivity index (χ1) is 13.2. The van der Waals surface area contributed by atoms with Crippen LogP contribution in [0, 0.1) is 6.92 Å². The summed E-state index contributed by atoms with van der Waals surface area (Å²) in [5.74, 6) is 1.44. The second-order valence-corrected chi connectivity index (χ2v) is 8.54. The molecule has 0 spiro atoms. The number of benzene rings is 2. The van der Waals surface area contributed by atoms with Crippen molar-refractivity contribution in [3.8, 4) is 11.5 Å². The zero-order valence-electron chi connectivity index (χ0n) is 17.2. The summed E-state index contributed by atoms with van der Waals surface area (Å²) in [4.78, 5) is 12.1. The largest absolute Gasteiger partial charge is 0.495 e. The number of hydrogen-bond acceptors (Lipinski definition) is 3. The number of amides is 2. The maximum atomic E-state index is 12.1. The minimum Gasteiger partial charge on any atom is -0.495 e. The highest BCUT2D eigenvalue weighted by atomic mass is 79.9. The first kappa shape index (κ1) is 22.1. The van der Waals surface area contributed by atoms with Crippen molar-refractivity contribution in [3.05, 3.63) is 52.0 Å². The third-order valence-corrected chi connectivity index (χ3v) is 4.89. The van der Waals surface area contributed by atoms with Crippen LogP contribution in [0.5, 0.6) is 11.5 Å². The summed E-state index contributed by atoms with van der Waals surface area (Å²) in [6.45, 7) is 9.53. The van der Waals surface area contributed by atoms with Crippen molar-refractivity contribution in [1.29, 1.82) is 0 Å². The topological polar surface area (TPSA) is 59.6 Å². The molecule has 28 heavy (non-hydrogen) atoms. The SMILES string of the molecule is COc1ccc(C)cc1NC(=O)NCCCOc1ccc(C(C)(C)C)cc1Br. The van der Waals surface area contributed by atoms with Gasteiger partial charge in [0.1, 0.15) is 11.5 Å². The average Bonchev–Trinajstić information content (AvgIpc) is 2.62. The van der Waals surface area contributed by atoms with Gasteiger partial charge in [0.25, 0.3) is 0 Å². The van der Waals surface area contributed by atoms with Crippen LogP contribution in [0.3, 0.4) is 0 Å². The molecule has 0 unspecified atom stereocenters. The smallest absolute Gasteiger partial charge is 0.319 e. The Bertz CT molecular complexity index is 816. The van der Waals surface area contributed by atoms with Gasteiger partial charge in [0, 0.05) is 6.54 Å². The van der Waals surface area contributed by atoms with Gasteiger partial charge in [0.15, 0.2) is 0 Å². The number of nitrogens with one attached hydrogen (secondary N) is 2. The summed E-state index contributed by atoms with van der Waals surface area (Å²) in [7, 11) is 1.58. The molecule has 5 nitrogen and oxygen atoms in total. The second kappa shape index (κ2) is 9.82. The molecule has 0 aliphatic carbocycles. The number of aryl methyl sites for hydroxylation is 1. The Morgan fingerprint density at radius 1 is 1.11 bits per heavy atom. The van der Waals surface area contributed by atoms with Gasteiger partial charge in [-0.25, -0.2) is 4.79 Å². The fraction of sp³-hybridized carbons (Fsp3) is 0.409. The third-order valence-electron chi connectivity index (χ3n) is 4.27. The van der Waals surface area contributed by atoms with Gasteiger partial charge in [-0.05, 0) is 70.1 Å². The van der Waals surface area contributed by atoms with E-state index in [-0.39, 0.29) is 11.4 Å². The second-order valence-electron chi connectivity index (χ2n) is 7.68. The van der Waals surface area contributed by atoms with E-state index in [1.807, 2.05) is 31.2 Å². The predicted octanol–water partition coefficient (Wildman–Crippen LogP) is 5.65. The standard InChI is InChI=1S/C22H29BrN2O3/c1-15-7-9-20(27-5)18(13-15)25-21(26)24-11-6-12-28-19-10-8-16(14-17(19)23)22(2,3)4/h7-10,13-14H,6,11-12H2,1-5H3,(H2,24,25,26). The molecule has 0 saturated carbocycles. The van der Waals surface area contributed by atoms with Crippen LogP contribution >= 0.6 is 15.9 Å². The quantitative estimate of drug-likeness (QED) is 0.537.